The van der Waals surface area contributed by atoms with Gasteiger partial charge in [-0.3, -0.25) is 4.79 Å². The van der Waals surface area contributed by atoms with Crippen molar-refractivity contribution in [3.8, 4) is 22.6 Å². The molecule has 3 aromatic rings. The smallest absolute Gasteiger partial charge is 0.200 e. The number of hydrogen-bond acceptors (Lipinski definition) is 4. The van der Waals surface area contributed by atoms with E-state index in [1.54, 1.807) is 32.2 Å². The van der Waals surface area contributed by atoms with Crippen LogP contribution >= 0.6 is 0 Å². The summed E-state index contributed by atoms with van der Waals surface area (Å²) in [6.45, 7) is 7.91. The van der Waals surface area contributed by atoms with Crippen molar-refractivity contribution >= 4 is 11.0 Å². The zero-order chi connectivity index (χ0) is 18.0. The Kier molecular flexibility index (Phi) is 4.61. The largest absolute Gasteiger partial charge is 0.496 e. The first-order chi connectivity index (χ1) is 12.0. The van der Waals surface area contributed by atoms with Crippen LogP contribution in [-0.2, 0) is 0 Å². The van der Waals surface area contributed by atoms with Gasteiger partial charge in [-0.2, -0.15) is 0 Å². The van der Waals surface area contributed by atoms with Gasteiger partial charge in [0.2, 0.25) is 5.43 Å². The van der Waals surface area contributed by atoms with Crippen molar-refractivity contribution in [1.82, 2.24) is 0 Å². The third kappa shape index (κ3) is 3.29. The standard InChI is InChI=1S/C21H20O4/c1-13(2)12-24-15-9-10-17-19(11-15)25-14(3)20(21(17)22)16-7-5-6-8-18(16)23-4/h5-11H,1,12H2,2-4H3. The maximum absolute atomic E-state index is 13.0. The van der Waals surface area contributed by atoms with E-state index in [2.05, 4.69) is 6.58 Å². The summed E-state index contributed by atoms with van der Waals surface area (Å²) >= 11 is 0. The lowest BCUT2D eigenvalue weighted by Crippen LogP contribution is -2.08. The SMILES string of the molecule is C=C(C)COc1ccc2c(=O)c(-c3ccccc3OC)c(C)oc2c1. The van der Waals surface area contributed by atoms with E-state index in [-0.39, 0.29) is 5.43 Å². The number of hydrogen-bond donors (Lipinski definition) is 0. The van der Waals surface area contributed by atoms with Crippen molar-refractivity contribution in [2.24, 2.45) is 0 Å². The van der Waals surface area contributed by atoms with Gasteiger partial charge in [-0.05, 0) is 37.6 Å². The molecule has 0 bridgehead atoms. The van der Waals surface area contributed by atoms with E-state index >= 15 is 0 Å². The molecule has 0 saturated carbocycles. The molecule has 1 heterocycles. The number of ether oxygens (including phenoxy) is 2. The van der Waals surface area contributed by atoms with Crippen molar-refractivity contribution in [1.29, 1.82) is 0 Å². The minimum Gasteiger partial charge on any atom is -0.496 e. The Labute approximate surface area is 146 Å². The van der Waals surface area contributed by atoms with Gasteiger partial charge >= 0.3 is 0 Å². The second kappa shape index (κ2) is 6.85. The average molecular weight is 336 g/mol. The van der Waals surface area contributed by atoms with E-state index in [1.807, 2.05) is 31.2 Å². The van der Waals surface area contributed by atoms with Gasteiger partial charge in [-0.1, -0.05) is 24.8 Å². The lowest BCUT2D eigenvalue weighted by Gasteiger charge is -2.11. The first-order valence-corrected chi connectivity index (χ1v) is 7.99. The Morgan fingerprint density at radius 3 is 2.68 bits per heavy atom. The van der Waals surface area contributed by atoms with E-state index in [0.29, 0.717) is 40.4 Å². The van der Waals surface area contributed by atoms with Crippen LogP contribution in [0.3, 0.4) is 0 Å². The summed E-state index contributed by atoms with van der Waals surface area (Å²) in [5.74, 6) is 1.82. The lowest BCUT2D eigenvalue weighted by molar-refractivity contribution is 0.352. The van der Waals surface area contributed by atoms with Crippen molar-refractivity contribution < 1.29 is 13.9 Å². The summed E-state index contributed by atoms with van der Waals surface area (Å²) in [5, 5.41) is 0.509. The zero-order valence-electron chi connectivity index (χ0n) is 14.6. The molecule has 0 fully saturated rings. The van der Waals surface area contributed by atoms with Crippen molar-refractivity contribution in [3.05, 3.63) is 70.6 Å². The van der Waals surface area contributed by atoms with Crippen molar-refractivity contribution in [3.63, 3.8) is 0 Å². The van der Waals surface area contributed by atoms with E-state index in [9.17, 15) is 4.79 Å². The quantitative estimate of drug-likeness (QED) is 0.632. The van der Waals surface area contributed by atoms with Crippen LogP contribution in [0.25, 0.3) is 22.1 Å². The van der Waals surface area contributed by atoms with Crippen LogP contribution in [0.5, 0.6) is 11.5 Å². The van der Waals surface area contributed by atoms with Crippen LogP contribution in [-0.4, -0.2) is 13.7 Å². The van der Waals surface area contributed by atoms with Gasteiger partial charge < -0.3 is 13.9 Å². The summed E-state index contributed by atoms with van der Waals surface area (Å²) in [5.41, 5.74) is 2.57. The van der Waals surface area contributed by atoms with Gasteiger partial charge in [0.15, 0.2) is 0 Å². The number of rotatable bonds is 5. The molecule has 0 saturated heterocycles. The number of para-hydroxylation sites is 1. The summed E-state index contributed by atoms with van der Waals surface area (Å²) in [6, 6.07) is 12.7. The fraction of sp³-hybridized carbons (Fsp3) is 0.190. The summed E-state index contributed by atoms with van der Waals surface area (Å²) in [7, 11) is 1.59. The molecule has 0 aliphatic rings. The number of benzene rings is 2. The molecule has 0 amide bonds. The van der Waals surface area contributed by atoms with Gasteiger partial charge in [0, 0.05) is 11.6 Å². The molecular weight excluding hydrogens is 316 g/mol. The normalized spacial score (nSPS) is 10.7. The molecule has 3 rings (SSSR count). The maximum Gasteiger partial charge on any atom is 0.200 e. The Morgan fingerprint density at radius 1 is 1.20 bits per heavy atom. The lowest BCUT2D eigenvalue weighted by atomic mass is 10.0. The second-order valence-corrected chi connectivity index (χ2v) is 5.97. The highest BCUT2D eigenvalue weighted by Gasteiger charge is 2.17. The highest BCUT2D eigenvalue weighted by molar-refractivity contribution is 5.85. The van der Waals surface area contributed by atoms with E-state index in [0.717, 1.165) is 11.1 Å². The monoisotopic (exact) mass is 336 g/mol. The maximum atomic E-state index is 13.0. The molecule has 2 aromatic carbocycles. The van der Waals surface area contributed by atoms with Gasteiger partial charge in [0.1, 0.15) is 29.4 Å². The Balaban J connectivity index is 2.15. The third-order valence-electron chi connectivity index (χ3n) is 3.90. The van der Waals surface area contributed by atoms with E-state index < -0.39 is 0 Å². The van der Waals surface area contributed by atoms with Crippen molar-refractivity contribution in [2.45, 2.75) is 13.8 Å². The first kappa shape index (κ1) is 16.8. The summed E-state index contributed by atoms with van der Waals surface area (Å²) in [4.78, 5) is 13.0. The molecule has 0 atom stereocenters. The van der Waals surface area contributed by atoms with Crippen LogP contribution in [0.15, 0.2) is 63.8 Å². The molecule has 4 heteroatoms. The third-order valence-corrected chi connectivity index (χ3v) is 3.90. The number of aryl methyl sites for hydroxylation is 1. The van der Waals surface area contributed by atoms with Crippen LogP contribution in [0.2, 0.25) is 0 Å². The van der Waals surface area contributed by atoms with Crippen LogP contribution in [0.4, 0.5) is 0 Å². The molecule has 1 aromatic heterocycles. The van der Waals surface area contributed by atoms with Crippen molar-refractivity contribution in [2.75, 3.05) is 13.7 Å². The van der Waals surface area contributed by atoms with Gasteiger partial charge in [0.25, 0.3) is 0 Å². The first-order valence-electron chi connectivity index (χ1n) is 7.99. The van der Waals surface area contributed by atoms with Crippen LogP contribution in [0, 0.1) is 6.92 Å². The van der Waals surface area contributed by atoms with Gasteiger partial charge in [-0.25, -0.2) is 0 Å². The number of methoxy groups -OCH3 is 1. The molecule has 0 aliphatic heterocycles. The average Bonchev–Trinajstić information content (AvgIpc) is 2.60. The molecule has 25 heavy (non-hydrogen) atoms. The summed E-state index contributed by atoms with van der Waals surface area (Å²) in [6.07, 6.45) is 0. The van der Waals surface area contributed by atoms with Gasteiger partial charge in [-0.15, -0.1) is 0 Å². The fourth-order valence-electron chi connectivity index (χ4n) is 2.74. The van der Waals surface area contributed by atoms with Gasteiger partial charge in [0.05, 0.1) is 18.1 Å². The minimum atomic E-state index is -0.0882. The molecule has 0 aliphatic carbocycles. The fourth-order valence-corrected chi connectivity index (χ4v) is 2.74. The molecule has 128 valence electrons. The predicted molar refractivity (Wildman–Crippen MR) is 99.5 cm³/mol. The predicted octanol–water partition coefficient (Wildman–Crippen LogP) is 4.73. The Bertz CT molecular complexity index is 998. The van der Waals surface area contributed by atoms with Crippen LogP contribution in [0.1, 0.15) is 12.7 Å². The minimum absolute atomic E-state index is 0.0882. The molecule has 0 unspecified atom stereocenters. The Morgan fingerprint density at radius 2 is 1.96 bits per heavy atom. The molecule has 0 spiro atoms. The van der Waals surface area contributed by atoms with Crippen LogP contribution < -0.4 is 14.9 Å². The molecule has 0 N–H and O–H groups in total. The zero-order valence-corrected chi connectivity index (χ0v) is 14.6. The summed E-state index contributed by atoms with van der Waals surface area (Å²) < 4.78 is 16.9. The van der Waals surface area contributed by atoms with E-state index in [4.69, 9.17) is 13.9 Å². The molecular formula is C21H20O4. The molecule has 0 radical (unpaired) electrons. The second-order valence-electron chi connectivity index (χ2n) is 5.97. The number of fused-ring (bicyclic) bond motifs is 1. The topological polar surface area (TPSA) is 48.7 Å². The highest BCUT2D eigenvalue weighted by Crippen LogP contribution is 2.32. The molecule has 4 nitrogen and oxygen atoms in total. The Hall–Kier alpha value is -3.01. The van der Waals surface area contributed by atoms with E-state index in [1.165, 1.54) is 0 Å². The highest BCUT2D eigenvalue weighted by atomic mass is 16.5.